The Kier molecular flexibility index (Phi) is 4.66. The highest BCUT2D eigenvalue weighted by atomic mass is 19.3. The Hall–Kier alpha value is -3.37. The van der Waals surface area contributed by atoms with Crippen LogP contribution in [0.25, 0.3) is 0 Å². The zero-order valence-electron chi connectivity index (χ0n) is 18.1. The number of hydrogen-bond acceptors (Lipinski definition) is 6. The monoisotopic (exact) mass is 454 g/mol. The second-order valence-corrected chi connectivity index (χ2v) is 9.25. The van der Waals surface area contributed by atoms with Crippen molar-refractivity contribution in [3.05, 3.63) is 52.2 Å². The fourth-order valence-electron chi connectivity index (χ4n) is 5.10. The molecule has 1 amide bonds. The Labute approximate surface area is 188 Å². The third-order valence-corrected chi connectivity index (χ3v) is 7.04. The van der Waals surface area contributed by atoms with Gasteiger partial charge in [-0.2, -0.15) is 5.10 Å². The second kappa shape index (κ2) is 7.60. The van der Waals surface area contributed by atoms with Gasteiger partial charge in [-0.25, -0.2) is 18.4 Å². The van der Waals surface area contributed by atoms with Crippen molar-refractivity contribution in [1.82, 2.24) is 35.5 Å². The molecule has 0 spiro atoms. The number of piperidine rings is 1. The zero-order chi connectivity index (χ0) is 22.7. The second-order valence-electron chi connectivity index (χ2n) is 9.25. The highest BCUT2D eigenvalue weighted by Gasteiger charge is 2.45. The molecule has 11 heteroatoms. The number of amides is 1. The van der Waals surface area contributed by atoms with Gasteiger partial charge < -0.3 is 10.2 Å². The highest BCUT2D eigenvalue weighted by Crippen LogP contribution is 2.46. The summed E-state index contributed by atoms with van der Waals surface area (Å²) in [4.78, 5) is 19.0. The molecule has 2 aliphatic carbocycles. The lowest BCUT2D eigenvalue weighted by Crippen LogP contribution is -2.27. The summed E-state index contributed by atoms with van der Waals surface area (Å²) < 4.78 is 28.9. The molecule has 9 nitrogen and oxygen atoms in total. The first-order valence-corrected chi connectivity index (χ1v) is 11.2. The van der Waals surface area contributed by atoms with Crippen LogP contribution in [0.4, 0.5) is 14.6 Å². The molecular weight excluding hydrogens is 430 g/mol. The van der Waals surface area contributed by atoms with Crippen molar-refractivity contribution in [1.29, 1.82) is 0 Å². The quantitative estimate of drug-likeness (QED) is 0.593. The van der Waals surface area contributed by atoms with Crippen molar-refractivity contribution >= 4 is 11.7 Å². The van der Waals surface area contributed by atoms with Gasteiger partial charge in [-0.15, -0.1) is 5.10 Å². The van der Waals surface area contributed by atoms with Crippen molar-refractivity contribution in [3.63, 3.8) is 0 Å². The first-order valence-electron chi connectivity index (χ1n) is 11.2. The van der Waals surface area contributed by atoms with E-state index in [0.717, 1.165) is 42.9 Å². The third-order valence-electron chi connectivity index (χ3n) is 7.04. The number of rotatable bonds is 6. The molecule has 1 aliphatic heterocycles. The molecule has 0 radical (unpaired) electrons. The Morgan fingerprint density at radius 3 is 2.91 bits per heavy atom. The summed E-state index contributed by atoms with van der Waals surface area (Å²) in [5, 5.41) is 18.1. The van der Waals surface area contributed by atoms with Gasteiger partial charge in [0.15, 0.2) is 5.69 Å². The molecule has 2 N–H and O–H groups in total. The van der Waals surface area contributed by atoms with Gasteiger partial charge in [0.1, 0.15) is 11.5 Å². The molecule has 2 fully saturated rings. The number of carbonyl (C=O) groups excluding carboxylic acids is 1. The molecule has 33 heavy (non-hydrogen) atoms. The molecule has 4 heterocycles. The van der Waals surface area contributed by atoms with Crippen LogP contribution >= 0.6 is 0 Å². The van der Waals surface area contributed by atoms with Gasteiger partial charge in [0.05, 0.1) is 24.5 Å². The average Bonchev–Trinajstić information content (AvgIpc) is 3.27. The average molecular weight is 454 g/mol. The van der Waals surface area contributed by atoms with Crippen LogP contribution in [0, 0.1) is 18.8 Å². The molecule has 0 aromatic carbocycles. The summed E-state index contributed by atoms with van der Waals surface area (Å²) in [6.45, 7) is 3.80. The number of pyridine rings is 1. The molecule has 1 saturated carbocycles. The molecule has 1 saturated heterocycles. The first-order chi connectivity index (χ1) is 16.0. The number of H-pyrrole nitrogens is 1. The minimum Gasteiger partial charge on any atom is -0.356 e. The number of carbonyl (C=O) groups is 1. The number of aromatic nitrogens is 6. The molecule has 3 aliphatic rings. The number of alkyl halides is 2. The number of aromatic amines is 1. The lowest BCUT2D eigenvalue weighted by molar-refractivity contribution is 0.0930. The van der Waals surface area contributed by atoms with Gasteiger partial charge in [0.2, 0.25) is 0 Å². The smallest absolute Gasteiger partial charge is 0.280 e. The number of aryl methyl sites for hydroxylation is 1. The zero-order valence-corrected chi connectivity index (χ0v) is 18.1. The molecule has 0 bridgehead atoms. The summed E-state index contributed by atoms with van der Waals surface area (Å²) in [6.07, 6.45) is 1.64. The Bertz CT molecular complexity index is 1210. The van der Waals surface area contributed by atoms with Crippen LogP contribution in [-0.4, -0.2) is 49.2 Å². The van der Waals surface area contributed by atoms with Gasteiger partial charge >= 0.3 is 0 Å². The van der Waals surface area contributed by atoms with Crippen molar-refractivity contribution in [2.24, 2.45) is 11.8 Å². The normalized spacial score (nSPS) is 23.2. The number of anilines is 1. The standard InChI is InChI=1S/C22H24F2N8O/c1-11-15-3-4-16(20(15)29-27-11)25-22(33)17-10-32(30-28-17)9-12-2-5-18(26-19(12)21(23)24)31-7-13-6-14(13)8-31/h2,5,10,13-14,16,21H,3-4,6-9H2,1H3,(H,25,33)(H,27,29)/t13?,14?,16-/m1/s1. The van der Waals surface area contributed by atoms with E-state index < -0.39 is 6.43 Å². The summed E-state index contributed by atoms with van der Waals surface area (Å²) in [5.74, 6) is 1.61. The number of halogens is 2. The fraction of sp³-hybridized carbons (Fsp3) is 0.500. The third kappa shape index (κ3) is 3.65. The van der Waals surface area contributed by atoms with E-state index in [1.807, 2.05) is 6.92 Å². The van der Waals surface area contributed by atoms with E-state index in [9.17, 15) is 13.6 Å². The fourth-order valence-corrected chi connectivity index (χ4v) is 5.10. The van der Waals surface area contributed by atoms with Crippen LogP contribution in [-0.2, 0) is 13.0 Å². The Morgan fingerprint density at radius 2 is 2.12 bits per heavy atom. The van der Waals surface area contributed by atoms with Crippen LogP contribution in [0.2, 0.25) is 0 Å². The summed E-state index contributed by atoms with van der Waals surface area (Å²) in [7, 11) is 0. The summed E-state index contributed by atoms with van der Waals surface area (Å²) in [5.41, 5.74) is 3.27. The molecular formula is C22H24F2N8O. The van der Waals surface area contributed by atoms with E-state index in [4.69, 9.17) is 0 Å². The molecule has 3 atom stereocenters. The predicted octanol–water partition coefficient (Wildman–Crippen LogP) is 2.56. The maximum absolute atomic E-state index is 13.8. The van der Waals surface area contributed by atoms with E-state index in [1.54, 1.807) is 12.1 Å². The minimum atomic E-state index is -2.70. The maximum atomic E-state index is 13.8. The molecule has 2 unspecified atom stereocenters. The molecule has 172 valence electrons. The number of nitrogens with zero attached hydrogens (tertiary/aromatic N) is 6. The van der Waals surface area contributed by atoms with Crippen molar-refractivity contribution < 1.29 is 13.6 Å². The number of nitrogens with one attached hydrogen (secondary N) is 2. The van der Waals surface area contributed by atoms with Crippen molar-refractivity contribution in [3.8, 4) is 0 Å². The molecule has 6 rings (SSSR count). The van der Waals surface area contributed by atoms with E-state index in [1.165, 1.54) is 17.3 Å². The van der Waals surface area contributed by atoms with Crippen LogP contribution < -0.4 is 10.2 Å². The van der Waals surface area contributed by atoms with Crippen LogP contribution in [0.3, 0.4) is 0 Å². The van der Waals surface area contributed by atoms with E-state index in [0.29, 0.717) is 23.2 Å². The van der Waals surface area contributed by atoms with Crippen LogP contribution in [0.15, 0.2) is 18.3 Å². The lowest BCUT2D eigenvalue weighted by Gasteiger charge is -2.20. The van der Waals surface area contributed by atoms with Gasteiger partial charge in [0, 0.05) is 24.3 Å². The number of fused-ring (bicyclic) bond motifs is 2. The maximum Gasteiger partial charge on any atom is 0.280 e. The van der Waals surface area contributed by atoms with Crippen molar-refractivity contribution in [2.75, 3.05) is 18.0 Å². The minimum absolute atomic E-state index is 0.0601. The van der Waals surface area contributed by atoms with Crippen molar-refractivity contribution in [2.45, 2.75) is 45.2 Å². The van der Waals surface area contributed by atoms with Gasteiger partial charge in [-0.3, -0.25) is 9.89 Å². The largest absolute Gasteiger partial charge is 0.356 e. The summed E-state index contributed by atoms with van der Waals surface area (Å²) in [6, 6.07) is 3.29. The SMILES string of the molecule is Cc1[nH]nc2c1CC[C@H]2NC(=O)c1cn(Cc2ccc(N3CC4CC4C3)nc2C(F)F)nn1. The first kappa shape index (κ1) is 20.3. The highest BCUT2D eigenvalue weighted by molar-refractivity contribution is 5.92. The molecule has 3 aromatic heterocycles. The molecule has 3 aromatic rings. The predicted molar refractivity (Wildman–Crippen MR) is 114 cm³/mol. The van der Waals surface area contributed by atoms with Crippen LogP contribution in [0.5, 0.6) is 0 Å². The van der Waals surface area contributed by atoms with E-state index in [2.05, 4.69) is 35.7 Å². The topological polar surface area (TPSA) is 105 Å². The van der Waals surface area contributed by atoms with Gasteiger partial charge in [-0.1, -0.05) is 11.3 Å². The van der Waals surface area contributed by atoms with Gasteiger partial charge in [0.25, 0.3) is 12.3 Å². The lowest BCUT2D eigenvalue weighted by atomic mass is 10.2. The van der Waals surface area contributed by atoms with Crippen LogP contribution in [0.1, 0.15) is 64.0 Å². The van der Waals surface area contributed by atoms with E-state index in [-0.39, 0.29) is 29.9 Å². The number of hydrogen-bond donors (Lipinski definition) is 2. The summed E-state index contributed by atoms with van der Waals surface area (Å²) >= 11 is 0. The Morgan fingerprint density at radius 1 is 1.30 bits per heavy atom. The van der Waals surface area contributed by atoms with Gasteiger partial charge in [-0.05, 0) is 49.7 Å². The Balaban J connectivity index is 1.15. The van der Waals surface area contributed by atoms with E-state index >= 15 is 0 Å².